The Morgan fingerprint density at radius 1 is 1.09 bits per heavy atom. The Bertz CT molecular complexity index is 894. The van der Waals surface area contributed by atoms with Crippen LogP contribution in [0.5, 0.6) is 5.75 Å². The average Bonchev–Trinajstić information content (AvgIpc) is 2.84. The molecule has 3 nitrogen and oxygen atoms in total. The predicted molar refractivity (Wildman–Crippen MR) is 139 cm³/mol. The summed E-state index contributed by atoms with van der Waals surface area (Å²) in [6, 6.07) is 15.5. The molecule has 0 spiro atoms. The SMILES string of the molecule is C=CC(=O)N(C)CCOc1ccc(-c2ccc(C3CCC(CCCCC)CC3)cc2)c(C)c1. The van der Waals surface area contributed by atoms with Gasteiger partial charge in [-0.3, -0.25) is 4.79 Å². The Hall–Kier alpha value is -2.55. The quantitative estimate of drug-likeness (QED) is 0.263. The largest absolute Gasteiger partial charge is 0.492 e. The maximum Gasteiger partial charge on any atom is 0.245 e. The van der Waals surface area contributed by atoms with Crippen molar-refractivity contribution >= 4 is 5.91 Å². The summed E-state index contributed by atoms with van der Waals surface area (Å²) in [5, 5.41) is 0. The van der Waals surface area contributed by atoms with Crippen LogP contribution >= 0.6 is 0 Å². The molecule has 178 valence electrons. The summed E-state index contributed by atoms with van der Waals surface area (Å²) in [5.74, 6) is 2.43. The maximum absolute atomic E-state index is 11.5. The van der Waals surface area contributed by atoms with Gasteiger partial charge >= 0.3 is 0 Å². The van der Waals surface area contributed by atoms with Crippen LogP contribution < -0.4 is 4.74 Å². The average molecular weight is 448 g/mol. The fourth-order valence-electron chi connectivity index (χ4n) is 5.02. The molecule has 2 aromatic carbocycles. The number of nitrogens with zero attached hydrogens (tertiary/aromatic N) is 1. The molecule has 0 saturated heterocycles. The number of hydrogen-bond donors (Lipinski definition) is 0. The van der Waals surface area contributed by atoms with Gasteiger partial charge in [0.15, 0.2) is 0 Å². The molecule has 3 rings (SSSR count). The van der Waals surface area contributed by atoms with E-state index < -0.39 is 0 Å². The summed E-state index contributed by atoms with van der Waals surface area (Å²) in [7, 11) is 1.75. The van der Waals surface area contributed by atoms with Crippen molar-refractivity contribution in [2.24, 2.45) is 5.92 Å². The Balaban J connectivity index is 1.53. The van der Waals surface area contributed by atoms with E-state index in [2.05, 4.69) is 56.8 Å². The smallest absolute Gasteiger partial charge is 0.245 e. The Kier molecular flexibility index (Phi) is 9.60. The third-order valence-electron chi connectivity index (χ3n) is 7.20. The van der Waals surface area contributed by atoms with E-state index in [-0.39, 0.29) is 5.91 Å². The highest BCUT2D eigenvalue weighted by Gasteiger charge is 2.22. The second-order valence-corrected chi connectivity index (χ2v) is 9.62. The van der Waals surface area contributed by atoms with E-state index in [1.807, 2.05) is 6.07 Å². The molecule has 0 aromatic heterocycles. The molecular weight excluding hydrogens is 406 g/mol. The van der Waals surface area contributed by atoms with Gasteiger partial charge in [-0.25, -0.2) is 0 Å². The number of unbranched alkanes of at least 4 members (excludes halogenated alkanes) is 2. The lowest BCUT2D eigenvalue weighted by Crippen LogP contribution is -2.29. The molecule has 1 amide bonds. The lowest BCUT2D eigenvalue weighted by molar-refractivity contribution is -0.125. The molecule has 0 radical (unpaired) electrons. The molecule has 2 aromatic rings. The minimum Gasteiger partial charge on any atom is -0.492 e. The highest BCUT2D eigenvalue weighted by molar-refractivity contribution is 5.86. The Morgan fingerprint density at radius 3 is 2.45 bits per heavy atom. The third kappa shape index (κ3) is 7.22. The zero-order chi connectivity index (χ0) is 23.6. The highest BCUT2D eigenvalue weighted by Crippen LogP contribution is 2.38. The minimum atomic E-state index is -0.0893. The molecule has 1 aliphatic rings. The monoisotopic (exact) mass is 447 g/mol. The molecule has 0 N–H and O–H groups in total. The van der Waals surface area contributed by atoms with Crippen LogP contribution in [0.25, 0.3) is 11.1 Å². The number of carbonyl (C=O) groups is 1. The van der Waals surface area contributed by atoms with Gasteiger partial charge in [-0.2, -0.15) is 0 Å². The molecule has 0 heterocycles. The first-order valence-corrected chi connectivity index (χ1v) is 12.7. The van der Waals surface area contributed by atoms with Gasteiger partial charge in [-0.1, -0.05) is 69.5 Å². The van der Waals surface area contributed by atoms with Gasteiger partial charge in [0.05, 0.1) is 6.54 Å². The molecule has 3 heteroatoms. The van der Waals surface area contributed by atoms with E-state index in [1.165, 1.54) is 79.7 Å². The van der Waals surface area contributed by atoms with Gasteiger partial charge in [0.1, 0.15) is 12.4 Å². The van der Waals surface area contributed by atoms with Crippen LogP contribution in [0.15, 0.2) is 55.1 Å². The van der Waals surface area contributed by atoms with E-state index in [4.69, 9.17) is 4.74 Å². The minimum absolute atomic E-state index is 0.0893. The van der Waals surface area contributed by atoms with E-state index in [9.17, 15) is 4.79 Å². The van der Waals surface area contributed by atoms with Crippen molar-refractivity contribution < 1.29 is 9.53 Å². The normalized spacial score (nSPS) is 18.0. The Labute approximate surface area is 200 Å². The van der Waals surface area contributed by atoms with E-state index in [0.29, 0.717) is 13.2 Å². The van der Waals surface area contributed by atoms with Crippen molar-refractivity contribution in [2.45, 2.75) is 71.1 Å². The summed E-state index contributed by atoms with van der Waals surface area (Å²) in [5.41, 5.74) is 5.20. The van der Waals surface area contributed by atoms with Crippen LogP contribution in [0.2, 0.25) is 0 Å². The van der Waals surface area contributed by atoms with Gasteiger partial charge in [0, 0.05) is 7.05 Å². The van der Waals surface area contributed by atoms with Gasteiger partial charge in [0.2, 0.25) is 5.91 Å². The molecule has 1 fully saturated rings. The number of benzene rings is 2. The number of ether oxygens (including phenoxy) is 1. The molecule has 33 heavy (non-hydrogen) atoms. The summed E-state index contributed by atoms with van der Waals surface area (Å²) < 4.78 is 5.85. The summed E-state index contributed by atoms with van der Waals surface area (Å²) in [4.78, 5) is 13.2. The van der Waals surface area contributed by atoms with Gasteiger partial charge in [-0.05, 0) is 84.9 Å². The second kappa shape index (κ2) is 12.6. The molecule has 0 unspecified atom stereocenters. The molecule has 0 atom stereocenters. The first kappa shape index (κ1) is 25.1. The topological polar surface area (TPSA) is 29.5 Å². The van der Waals surface area contributed by atoms with Crippen molar-refractivity contribution in [3.63, 3.8) is 0 Å². The van der Waals surface area contributed by atoms with Crippen molar-refractivity contribution in [3.05, 3.63) is 66.2 Å². The van der Waals surface area contributed by atoms with Crippen LogP contribution in [-0.2, 0) is 4.79 Å². The zero-order valence-corrected chi connectivity index (χ0v) is 20.8. The molecule has 1 aliphatic carbocycles. The lowest BCUT2D eigenvalue weighted by Gasteiger charge is -2.29. The molecular formula is C30H41NO2. The summed E-state index contributed by atoms with van der Waals surface area (Å²) in [6.07, 6.45) is 12.4. The first-order valence-electron chi connectivity index (χ1n) is 12.7. The van der Waals surface area contributed by atoms with E-state index in [1.54, 1.807) is 11.9 Å². The van der Waals surface area contributed by atoms with Crippen LogP contribution in [-0.4, -0.2) is 31.0 Å². The Morgan fingerprint density at radius 2 is 1.82 bits per heavy atom. The van der Waals surface area contributed by atoms with Crippen LogP contribution in [0, 0.1) is 12.8 Å². The summed E-state index contributed by atoms with van der Waals surface area (Å²) in [6.45, 7) is 8.93. The van der Waals surface area contributed by atoms with E-state index >= 15 is 0 Å². The number of likely N-dealkylation sites (N-methyl/N-ethyl adjacent to an activating group) is 1. The van der Waals surface area contributed by atoms with Crippen molar-refractivity contribution in [3.8, 4) is 16.9 Å². The van der Waals surface area contributed by atoms with Crippen LogP contribution in [0.1, 0.15) is 75.3 Å². The first-order chi connectivity index (χ1) is 16.0. The molecule has 1 saturated carbocycles. The number of rotatable bonds is 11. The predicted octanol–water partition coefficient (Wildman–Crippen LogP) is 7.54. The van der Waals surface area contributed by atoms with Crippen LogP contribution in [0.3, 0.4) is 0 Å². The van der Waals surface area contributed by atoms with Crippen molar-refractivity contribution in [2.75, 3.05) is 20.2 Å². The van der Waals surface area contributed by atoms with Gasteiger partial charge in [-0.15, -0.1) is 0 Å². The van der Waals surface area contributed by atoms with E-state index in [0.717, 1.165) is 17.6 Å². The van der Waals surface area contributed by atoms with Gasteiger partial charge < -0.3 is 9.64 Å². The number of carbonyl (C=O) groups excluding carboxylic acids is 1. The zero-order valence-electron chi connectivity index (χ0n) is 20.8. The second-order valence-electron chi connectivity index (χ2n) is 9.62. The highest BCUT2D eigenvalue weighted by atomic mass is 16.5. The lowest BCUT2D eigenvalue weighted by atomic mass is 9.77. The van der Waals surface area contributed by atoms with Crippen LogP contribution in [0.4, 0.5) is 0 Å². The fourth-order valence-corrected chi connectivity index (χ4v) is 5.02. The van der Waals surface area contributed by atoms with Gasteiger partial charge in [0.25, 0.3) is 0 Å². The molecule has 0 aliphatic heterocycles. The summed E-state index contributed by atoms with van der Waals surface area (Å²) >= 11 is 0. The number of aryl methyl sites for hydroxylation is 1. The molecule has 0 bridgehead atoms. The maximum atomic E-state index is 11.5. The van der Waals surface area contributed by atoms with Crippen molar-refractivity contribution in [1.29, 1.82) is 0 Å². The number of hydrogen-bond acceptors (Lipinski definition) is 2. The standard InChI is InChI=1S/C30H41NO2/c1-5-7-8-9-24-10-12-25(13-11-24)26-14-16-27(17-15-26)29-19-18-28(22-23(29)3)33-21-20-31(4)30(32)6-2/h6,14-19,22,24-25H,2,5,7-13,20-21H2,1,3-4H3. The number of amides is 1. The third-order valence-corrected chi connectivity index (χ3v) is 7.20. The fraction of sp³-hybridized carbons (Fsp3) is 0.500. The van der Waals surface area contributed by atoms with Crippen molar-refractivity contribution in [1.82, 2.24) is 4.90 Å².